The Hall–Kier alpha value is -0.320. The van der Waals surface area contributed by atoms with E-state index < -0.39 is 0 Å². The molecule has 0 radical (unpaired) electrons. The van der Waals surface area contributed by atoms with Crippen molar-refractivity contribution in [1.82, 2.24) is 31.1 Å². The second kappa shape index (κ2) is 19.0. The van der Waals surface area contributed by atoms with Gasteiger partial charge in [-0.1, -0.05) is 0 Å². The van der Waals surface area contributed by atoms with E-state index in [0.29, 0.717) is 13.1 Å². The number of likely N-dealkylation sites (N-methyl/N-ethyl adjacent to an activating group) is 2. The molecule has 0 amide bonds. The molecule has 0 aromatic heterocycles. The molecule has 0 saturated heterocycles. The van der Waals surface area contributed by atoms with Gasteiger partial charge in [0.25, 0.3) is 0 Å². The molecular formula is C16H42N8. The zero-order valence-corrected chi connectivity index (χ0v) is 15.9. The van der Waals surface area contributed by atoms with E-state index in [1.165, 1.54) is 0 Å². The summed E-state index contributed by atoms with van der Waals surface area (Å²) in [6.45, 7) is 13.6. The van der Waals surface area contributed by atoms with E-state index in [9.17, 15) is 0 Å². The molecule has 146 valence electrons. The molecule has 8 heteroatoms. The van der Waals surface area contributed by atoms with E-state index in [2.05, 4.69) is 38.1 Å². The second-order valence-electron chi connectivity index (χ2n) is 6.08. The highest BCUT2D eigenvalue weighted by molar-refractivity contribution is 4.65. The first-order valence-electron chi connectivity index (χ1n) is 9.32. The monoisotopic (exact) mass is 346 g/mol. The van der Waals surface area contributed by atoms with Crippen LogP contribution in [0.25, 0.3) is 0 Å². The fourth-order valence-electron chi connectivity index (χ4n) is 2.29. The molecule has 0 aliphatic heterocycles. The Bertz CT molecular complexity index is 242. The average Bonchev–Trinajstić information content (AvgIpc) is 2.59. The van der Waals surface area contributed by atoms with Gasteiger partial charge in [-0.05, 0) is 14.1 Å². The van der Waals surface area contributed by atoms with Gasteiger partial charge in [0.15, 0.2) is 0 Å². The maximum absolute atomic E-state index is 5.51. The summed E-state index contributed by atoms with van der Waals surface area (Å²) in [7, 11) is 4.20. The van der Waals surface area contributed by atoms with Crippen LogP contribution in [-0.4, -0.2) is 116 Å². The lowest BCUT2D eigenvalue weighted by atomic mass is 10.4. The van der Waals surface area contributed by atoms with Crippen molar-refractivity contribution in [2.75, 3.05) is 106 Å². The summed E-state index contributed by atoms with van der Waals surface area (Å²) < 4.78 is 0. The van der Waals surface area contributed by atoms with Gasteiger partial charge in [0.2, 0.25) is 0 Å². The highest BCUT2D eigenvalue weighted by atomic mass is 15.2. The van der Waals surface area contributed by atoms with Crippen LogP contribution in [0.15, 0.2) is 0 Å². The van der Waals surface area contributed by atoms with Crippen LogP contribution in [0.2, 0.25) is 0 Å². The van der Waals surface area contributed by atoms with Gasteiger partial charge in [-0.15, -0.1) is 0 Å². The quantitative estimate of drug-likeness (QED) is 0.139. The van der Waals surface area contributed by atoms with Crippen molar-refractivity contribution >= 4 is 0 Å². The maximum Gasteiger partial charge on any atom is 0.0110 e. The third kappa shape index (κ3) is 16.5. The summed E-state index contributed by atoms with van der Waals surface area (Å²) >= 11 is 0. The number of rotatable bonds is 19. The smallest absolute Gasteiger partial charge is 0.0110 e. The van der Waals surface area contributed by atoms with Crippen LogP contribution >= 0.6 is 0 Å². The Labute approximate surface area is 149 Å². The largest absolute Gasteiger partial charge is 0.329 e. The minimum absolute atomic E-state index is 0.702. The average molecular weight is 347 g/mol. The van der Waals surface area contributed by atoms with Crippen molar-refractivity contribution in [3.8, 4) is 0 Å². The van der Waals surface area contributed by atoms with Crippen molar-refractivity contribution in [3.05, 3.63) is 0 Å². The summed E-state index contributed by atoms with van der Waals surface area (Å²) in [5.41, 5.74) is 10.9. The van der Waals surface area contributed by atoms with Crippen LogP contribution < -0.4 is 32.7 Å². The van der Waals surface area contributed by atoms with E-state index in [-0.39, 0.29) is 0 Å². The van der Waals surface area contributed by atoms with Crippen LogP contribution in [0, 0.1) is 0 Å². The summed E-state index contributed by atoms with van der Waals surface area (Å²) in [6.07, 6.45) is 0. The van der Waals surface area contributed by atoms with Gasteiger partial charge in [-0.3, -0.25) is 4.90 Å². The lowest BCUT2D eigenvalue weighted by Gasteiger charge is -2.25. The molecule has 8 N–H and O–H groups in total. The zero-order chi connectivity index (χ0) is 17.9. The summed E-state index contributed by atoms with van der Waals surface area (Å²) in [5.74, 6) is 0. The fraction of sp³-hybridized carbons (Fsp3) is 1.00. The molecule has 0 aliphatic rings. The highest BCUT2D eigenvalue weighted by Gasteiger charge is 2.06. The van der Waals surface area contributed by atoms with Crippen LogP contribution in [-0.2, 0) is 0 Å². The van der Waals surface area contributed by atoms with Gasteiger partial charge in [0, 0.05) is 91.6 Å². The normalized spacial score (nSPS) is 11.8. The van der Waals surface area contributed by atoms with Gasteiger partial charge in [0.05, 0.1) is 0 Å². The molecule has 0 heterocycles. The van der Waals surface area contributed by atoms with E-state index in [1.54, 1.807) is 0 Å². The Morgan fingerprint density at radius 3 is 1.79 bits per heavy atom. The van der Waals surface area contributed by atoms with E-state index in [4.69, 9.17) is 11.5 Å². The molecule has 0 unspecified atom stereocenters. The van der Waals surface area contributed by atoms with Gasteiger partial charge < -0.3 is 37.6 Å². The minimum Gasteiger partial charge on any atom is -0.329 e. The Morgan fingerprint density at radius 2 is 1.17 bits per heavy atom. The molecule has 0 aliphatic carbocycles. The van der Waals surface area contributed by atoms with Crippen LogP contribution in [0.1, 0.15) is 0 Å². The van der Waals surface area contributed by atoms with Gasteiger partial charge >= 0.3 is 0 Å². The molecule has 0 aromatic rings. The Morgan fingerprint density at radius 1 is 0.625 bits per heavy atom. The first-order valence-corrected chi connectivity index (χ1v) is 9.32. The molecule has 0 spiro atoms. The summed E-state index contributed by atoms with van der Waals surface area (Å²) in [6, 6.07) is 0. The predicted molar refractivity (Wildman–Crippen MR) is 105 cm³/mol. The molecule has 0 bridgehead atoms. The van der Waals surface area contributed by atoms with Crippen LogP contribution in [0.3, 0.4) is 0 Å². The SMILES string of the molecule is CNCCN(CCNCCN)CCN(C)CCNCCNCCN. The molecule has 0 rings (SSSR count). The number of nitrogens with zero attached hydrogens (tertiary/aromatic N) is 2. The van der Waals surface area contributed by atoms with Crippen molar-refractivity contribution in [1.29, 1.82) is 0 Å². The third-order valence-electron chi connectivity index (χ3n) is 3.87. The molecule has 0 aromatic carbocycles. The lowest BCUT2D eigenvalue weighted by Crippen LogP contribution is -2.42. The Balaban J connectivity index is 3.68. The minimum atomic E-state index is 0.702. The molecule has 0 saturated carbocycles. The first-order chi connectivity index (χ1) is 11.7. The highest BCUT2D eigenvalue weighted by Crippen LogP contribution is 1.90. The maximum atomic E-state index is 5.51. The van der Waals surface area contributed by atoms with E-state index in [0.717, 1.165) is 78.5 Å². The number of hydrogen-bond donors (Lipinski definition) is 6. The van der Waals surface area contributed by atoms with E-state index >= 15 is 0 Å². The van der Waals surface area contributed by atoms with E-state index in [1.807, 2.05) is 7.05 Å². The van der Waals surface area contributed by atoms with Gasteiger partial charge in [-0.2, -0.15) is 0 Å². The number of hydrogen-bond acceptors (Lipinski definition) is 8. The zero-order valence-electron chi connectivity index (χ0n) is 15.9. The number of nitrogens with one attached hydrogen (secondary N) is 4. The first kappa shape index (κ1) is 23.7. The molecular weight excluding hydrogens is 304 g/mol. The third-order valence-corrected chi connectivity index (χ3v) is 3.87. The fourth-order valence-corrected chi connectivity index (χ4v) is 2.29. The standard InChI is InChI=1S/C16H42N8/c1-19-9-13-24(14-11-21-6-4-18)16-15-23(2)12-10-22-8-7-20-5-3-17/h19-22H,3-18H2,1-2H3. The van der Waals surface area contributed by atoms with Gasteiger partial charge in [0.1, 0.15) is 0 Å². The summed E-state index contributed by atoms with van der Waals surface area (Å²) in [4.78, 5) is 4.89. The molecule has 0 fully saturated rings. The number of nitrogens with two attached hydrogens (primary N) is 2. The lowest BCUT2D eigenvalue weighted by molar-refractivity contribution is 0.226. The molecule has 0 atom stereocenters. The van der Waals surface area contributed by atoms with Crippen molar-refractivity contribution < 1.29 is 0 Å². The van der Waals surface area contributed by atoms with Crippen molar-refractivity contribution in [2.45, 2.75) is 0 Å². The predicted octanol–water partition coefficient (Wildman–Crippen LogP) is -2.87. The summed E-state index contributed by atoms with van der Waals surface area (Å²) in [5, 5.41) is 13.3. The topological polar surface area (TPSA) is 107 Å². The second-order valence-corrected chi connectivity index (χ2v) is 6.08. The van der Waals surface area contributed by atoms with Crippen LogP contribution in [0.5, 0.6) is 0 Å². The molecule has 8 nitrogen and oxygen atoms in total. The van der Waals surface area contributed by atoms with Crippen LogP contribution in [0.4, 0.5) is 0 Å². The molecule has 24 heavy (non-hydrogen) atoms. The van der Waals surface area contributed by atoms with Gasteiger partial charge in [-0.25, -0.2) is 0 Å². The van der Waals surface area contributed by atoms with Crippen molar-refractivity contribution in [3.63, 3.8) is 0 Å². The Kier molecular flexibility index (Phi) is 18.8. The van der Waals surface area contributed by atoms with Crippen molar-refractivity contribution in [2.24, 2.45) is 11.5 Å².